The standard InChI is InChI=1S/C20H39NO12P2/c1-12(2)7-6-8-13(3)9-10-29-34(25,26)33-35(27,28)32-20-17(21)19(30-15(5)14(4)23)18(24)16(11-22)31-20/h7,13,15-20,22,24H,6,8-11,21H2,1-5H3,(H,25,26)(H,27,28). The molecular weight excluding hydrogens is 508 g/mol. The van der Waals surface area contributed by atoms with Crippen molar-refractivity contribution in [3.05, 3.63) is 11.6 Å². The second-order valence-corrected chi connectivity index (χ2v) is 11.9. The Hall–Kier alpha value is -0.530. The zero-order valence-electron chi connectivity index (χ0n) is 20.7. The molecule has 0 aliphatic carbocycles. The van der Waals surface area contributed by atoms with Crippen molar-refractivity contribution in [2.24, 2.45) is 11.7 Å². The molecule has 0 amide bonds. The van der Waals surface area contributed by atoms with E-state index in [1.807, 2.05) is 20.8 Å². The van der Waals surface area contributed by atoms with Crippen LogP contribution in [0.2, 0.25) is 0 Å². The summed E-state index contributed by atoms with van der Waals surface area (Å²) in [5.41, 5.74) is 7.13. The number of phosphoric ester groups is 2. The number of Topliss-reactive ketones (excluding diaryl/α,β-unsaturated/α-hetero) is 1. The monoisotopic (exact) mass is 547 g/mol. The van der Waals surface area contributed by atoms with Gasteiger partial charge in [-0.3, -0.25) is 13.8 Å². The number of ether oxygens (including phenoxy) is 2. The smallest absolute Gasteiger partial charge is 0.394 e. The molecule has 0 spiro atoms. The maximum absolute atomic E-state index is 12.4. The number of hydrogen-bond acceptors (Lipinski definition) is 11. The average molecular weight is 547 g/mol. The lowest BCUT2D eigenvalue weighted by Crippen LogP contribution is -2.63. The molecule has 1 rings (SSSR count). The van der Waals surface area contributed by atoms with Gasteiger partial charge in [-0.05, 0) is 52.9 Å². The van der Waals surface area contributed by atoms with E-state index in [-0.39, 0.29) is 18.3 Å². The van der Waals surface area contributed by atoms with Crippen LogP contribution in [-0.4, -0.2) is 75.7 Å². The summed E-state index contributed by atoms with van der Waals surface area (Å²) in [6.45, 7) is 7.61. The molecule has 1 fully saturated rings. The summed E-state index contributed by atoms with van der Waals surface area (Å²) in [4.78, 5) is 31.4. The quantitative estimate of drug-likeness (QED) is 0.147. The Morgan fingerprint density at radius 2 is 1.77 bits per heavy atom. The fraction of sp³-hybridized carbons (Fsp3) is 0.850. The number of ketones is 1. The maximum atomic E-state index is 12.4. The molecule has 0 aromatic rings. The summed E-state index contributed by atoms with van der Waals surface area (Å²) in [5.74, 6) is -0.220. The van der Waals surface area contributed by atoms with Crippen LogP contribution in [0.1, 0.15) is 53.9 Å². The molecule has 9 atom stereocenters. The molecule has 1 aliphatic heterocycles. The van der Waals surface area contributed by atoms with Crippen molar-refractivity contribution in [1.82, 2.24) is 0 Å². The van der Waals surface area contributed by atoms with E-state index in [2.05, 4.69) is 10.4 Å². The third kappa shape index (κ3) is 11.6. The van der Waals surface area contributed by atoms with Crippen LogP contribution >= 0.6 is 15.6 Å². The van der Waals surface area contributed by atoms with Gasteiger partial charge in [-0.15, -0.1) is 0 Å². The molecular formula is C20H39NO12P2. The fourth-order valence-corrected chi connectivity index (χ4v) is 5.34. The topological polar surface area (TPSA) is 204 Å². The minimum atomic E-state index is -5.29. The number of carbonyl (C=O) groups is 1. The predicted octanol–water partition coefficient (Wildman–Crippen LogP) is 1.78. The molecule has 0 aromatic carbocycles. The van der Waals surface area contributed by atoms with E-state index in [0.717, 1.165) is 12.8 Å². The number of aliphatic hydroxyl groups excluding tert-OH is 2. The number of carbonyl (C=O) groups excluding carboxylic acids is 1. The summed E-state index contributed by atoms with van der Waals surface area (Å²) in [6, 6.07) is -1.43. The Labute approximate surface area is 205 Å². The highest BCUT2D eigenvalue weighted by Gasteiger charge is 2.49. The highest BCUT2D eigenvalue weighted by atomic mass is 31.3. The van der Waals surface area contributed by atoms with Crippen LogP contribution in [0.25, 0.3) is 0 Å². The molecule has 13 nitrogen and oxygen atoms in total. The van der Waals surface area contributed by atoms with Gasteiger partial charge in [0.2, 0.25) is 0 Å². The summed E-state index contributed by atoms with van der Waals surface area (Å²) >= 11 is 0. The number of hydrogen-bond donors (Lipinski definition) is 5. The van der Waals surface area contributed by atoms with Crippen LogP contribution in [0.15, 0.2) is 11.6 Å². The van der Waals surface area contributed by atoms with E-state index in [0.29, 0.717) is 6.42 Å². The van der Waals surface area contributed by atoms with Gasteiger partial charge in [0.25, 0.3) is 0 Å². The van der Waals surface area contributed by atoms with Crippen LogP contribution in [0.5, 0.6) is 0 Å². The highest BCUT2D eigenvalue weighted by molar-refractivity contribution is 7.61. The van der Waals surface area contributed by atoms with Gasteiger partial charge in [-0.1, -0.05) is 18.6 Å². The molecule has 1 heterocycles. The Morgan fingerprint density at radius 1 is 1.14 bits per heavy atom. The minimum absolute atomic E-state index is 0.160. The van der Waals surface area contributed by atoms with Crippen LogP contribution in [-0.2, 0) is 36.8 Å². The predicted molar refractivity (Wildman–Crippen MR) is 125 cm³/mol. The van der Waals surface area contributed by atoms with Gasteiger partial charge < -0.3 is 35.2 Å². The fourth-order valence-electron chi connectivity index (χ4n) is 3.16. The first kappa shape index (κ1) is 32.5. The molecule has 0 radical (unpaired) electrons. The van der Waals surface area contributed by atoms with Crippen molar-refractivity contribution < 1.29 is 56.8 Å². The van der Waals surface area contributed by atoms with Crippen molar-refractivity contribution >= 4 is 21.4 Å². The summed E-state index contributed by atoms with van der Waals surface area (Å²) in [5, 5.41) is 19.8. The lowest BCUT2D eigenvalue weighted by Gasteiger charge is -2.43. The van der Waals surface area contributed by atoms with E-state index < -0.39 is 59.0 Å². The molecule has 35 heavy (non-hydrogen) atoms. The molecule has 1 aliphatic rings. The van der Waals surface area contributed by atoms with Crippen LogP contribution < -0.4 is 5.73 Å². The van der Waals surface area contributed by atoms with Crippen molar-refractivity contribution in [2.75, 3.05) is 13.2 Å². The lowest BCUT2D eigenvalue weighted by atomic mass is 9.97. The SMILES string of the molecule is CC(=O)C(C)OC1C(N)C(OP(=O)(O)OP(=O)(O)OCCC(C)CCC=C(C)C)OC(CO)C1O. The summed E-state index contributed by atoms with van der Waals surface area (Å²) < 4.78 is 49.1. The average Bonchev–Trinajstić information content (AvgIpc) is 2.71. The molecule has 206 valence electrons. The van der Waals surface area contributed by atoms with Gasteiger partial charge >= 0.3 is 15.6 Å². The van der Waals surface area contributed by atoms with E-state index in [1.54, 1.807) is 0 Å². The molecule has 0 aromatic heterocycles. The molecule has 15 heteroatoms. The first-order chi connectivity index (χ1) is 16.1. The van der Waals surface area contributed by atoms with Crippen LogP contribution in [0.3, 0.4) is 0 Å². The van der Waals surface area contributed by atoms with Gasteiger partial charge in [0, 0.05) is 0 Å². The zero-order valence-corrected chi connectivity index (χ0v) is 22.5. The van der Waals surface area contributed by atoms with E-state index >= 15 is 0 Å². The Morgan fingerprint density at radius 3 is 2.31 bits per heavy atom. The lowest BCUT2D eigenvalue weighted by molar-refractivity contribution is -0.256. The molecule has 6 N–H and O–H groups in total. The zero-order chi connectivity index (χ0) is 27.0. The second kappa shape index (κ2) is 14.4. The van der Waals surface area contributed by atoms with Crippen LogP contribution in [0, 0.1) is 5.92 Å². The van der Waals surface area contributed by atoms with Gasteiger partial charge in [0.1, 0.15) is 24.4 Å². The van der Waals surface area contributed by atoms with Gasteiger partial charge in [0.15, 0.2) is 12.1 Å². The van der Waals surface area contributed by atoms with E-state index in [1.165, 1.54) is 19.4 Å². The van der Waals surface area contributed by atoms with E-state index in [9.17, 15) is 33.9 Å². The molecule has 0 saturated carbocycles. The van der Waals surface area contributed by atoms with Crippen molar-refractivity contribution in [1.29, 1.82) is 0 Å². The largest absolute Gasteiger partial charge is 0.483 e. The molecule has 9 unspecified atom stereocenters. The minimum Gasteiger partial charge on any atom is -0.394 e. The highest BCUT2D eigenvalue weighted by Crippen LogP contribution is 2.61. The number of rotatable bonds is 15. The Bertz CT molecular complexity index is 805. The first-order valence-corrected chi connectivity index (χ1v) is 14.3. The third-order valence-corrected chi connectivity index (χ3v) is 7.99. The maximum Gasteiger partial charge on any atom is 0.483 e. The Balaban J connectivity index is 2.73. The van der Waals surface area contributed by atoms with Crippen LogP contribution in [0.4, 0.5) is 0 Å². The summed E-state index contributed by atoms with van der Waals surface area (Å²) in [6.07, 6.45) is -2.83. The number of allylic oxidation sites excluding steroid dienone is 2. The Kier molecular flexibility index (Phi) is 13.4. The summed E-state index contributed by atoms with van der Waals surface area (Å²) in [7, 11) is -10.3. The van der Waals surface area contributed by atoms with Crippen molar-refractivity contribution in [3.8, 4) is 0 Å². The first-order valence-electron chi connectivity index (χ1n) is 11.3. The molecule has 0 bridgehead atoms. The van der Waals surface area contributed by atoms with Crippen molar-refractivity contribution in [3.63, 3.8) is 0 Å². The normalized spacial score (nSPS) is 30.1. The third-order valence-electron chi connectivity index (χ3n) is 5.35. The van der Waals surface area contributed by atoms with Gasteiger partial charge in [-0.2, -0.15) is 4.31 Å². The number of aliphatic hydroxyl groups is 2. The number of nitrogens with two attached hydrogens (primary N) is 1. The van der Waals surface area contributed by atoms with Gasteiger partial charge in [-0.25, -0.2) is 9.13 Å². The second-order valence-electron chi connectivity index (χ2n) is 8.86. The number of phosphoric acid groups is 2. The molecule has 1 saturated heterocycles. The van der Waals surface area contributed by atoms with E-state index in [4.69, 9.17) is 24.3 Å². The van der Waals surface area contributed by atoms with Gasteiger partial charge in [0.05, 0.1) is 19.3 Å². The van der Waals surface area contributed by atoms with Crippen molar-refractivity contribution in [2.45, 2.75) is 90.6 Å².